The highest BCUT2D eigenvalue weighted by Gasteiger charge is 2.11. The minimum atomic E-state index is -0.188. The van der Waals surface area contributed by atoms with Crippen LogP contribution in [0.2, 0.25) is 0 Å². The molecular weight excluding hydrogens is 328 g/mol. The number of rotatable bonds is 6. The fourth-order valence-corrected chi connectivity index (χ4v) is 3.02. The third-order valence-electron chi connectivity index (χ3n) is 4.27. The monoisotopic (exact) mass is 348 g/mol. The molecule has 0 bridgehead atoms. The summed E-state index contributed by atoms with van der Waals surface area (Å²) in [6.45, 7) is -0.0469. The highest BCUT2D eigenvalue weighted by molar-refractivity contribution is 6.02. The second-order valence-electron chi connectivity index (χ2n) is 6.02. The minimum Gasteiger partial charge on any atom is -0.493 e. The molecule has 0 atom stereocenters. The molecule has 5 nitrogen and oxygen atoms in total. The zero-order chi connectivity index (χ0) is 18.4. The first-order valence-electron chi connectivity index (χ1n) is 8.48. The van der Waals surface area contributed by atoms with Crippen LogP contribution >= 0.6 is 0 Å². The van der Waals surface area contributed by atoms with Crippen LogP contribution in [0.1, 0.15) is 23.1 Å². The highest BCUT2D eigenvalue weighted by atomic mass is 16.5. The Kier molecular flexibility index (Phi) is 5.55. The molecule has 2 aromatic rings. The predicted molar refractivity (Wildman–Crippen MR) is 100 cm³/mol. The zero-order valence-corrected chi connectivity index (χ0v) is 14.6. The Morgan fingerprint density at radius 2 is 2.04 bits per heavy atom. The van der Waals surface area contributed by atoms with E-state index in [1.165, 1.54) is 30.7 Å². The van der Waals surface area contributed by atoms with Crippen LogP contribution in [0.3, 0.4) is 0 Å². The lowest BCUT2D eigenvalue weighted by Gasteiger charge is -2.09. The molecule has 5 heteroatoms. The molecule has 2 aromatic carbocycles. The lowest BCUT2D eigenvalue weighted by Crippen LogP contribution is -2.08. The van der Waals surface area contributed by atoms with Crippen molar-refractivity contribution in [2.24, 2.45) is 0 Å². The van der Waals surface area contributed by atoms with Crippen molar-refractivity contribution < 1.29 is 14.3 Å². The van der Waals surface area contributed by atoms with E-state index in [-0.39, 0.29) is 12.5 Å². The van der Waals surface area contributed by atoms with Gasteiger partial charge in [-0.1, -0.05) is 12.1 Å². The van der Waals surface area contributed by atoms with Gasteiger partial charge in [-0.15, -0.1) is 0 Å². The summed E-state index contributed by atoms with van der Waals surface area (Å²) in [6, 6.07) is 13.3. The largest absolute Gasteiger partial charge is 0.493 e. The molecular formula is C21H20N2O3. The molecule has 0 fully saturated rings. The Bertz CT molecular complexity index is 881. The van der Waals surface area contributed by atoms with Crippen molar-refractivity contribution in [1.82, 2.24) is 0 Å². The van der Waals surface area contributed by atoms with Gasteiger partial charge < -0.3 is 14.8 Å². The number of aryl methyl sites for hydroxylation is 2. The first-order chi connectivity index (χ1) is 12.7. The van der Waals surface area contributed by atoms with E-state index < -0.39 is 0 Å². The van der Waals surface area contributed by atoms with E-state index in [1.54, 1.807) is 24.3 Å². The summed E-state index contributed by atoms with van der Waals surface area (Å²) in [5, 5.41) is 11.5. The van der Waals surface area contributed by atoms with Crippen molar-refractivity contribution in [3.05, 3.63) is 59.2 Å². The normalized spacial score (nSPS) is 12.5. The van der Waals surface area contributed by atoms with E-state index >= 15 is 0 Å². The second-order valence-corrected chi connectivity index (χ2v) is 6.02. The van der Waals surface area contributed by atoms with E-state index in [9.17, 15) is 4.79 Å². The molecule has 0 radical (unpaired) electrons. The second kappa shape index (κ2) is 8.21. The van der Waals surface area contributed by atoms with Crippen LogP contribution < -0.4 is 14.8 Å². The Hall–Kier alpha value is -3.26. The molecule has 3 rings (SSSR count). The van der Waals surface area contributed by atoms with Gasteiger partial charge >= 0.3 is 0 Å². The maximum absolute atomic E-state index is 12.2. The van der Waals surface area contributed by atoms with Gasteiger partial charge in [0.1, 0.15) is 6.07 Å². The fourth-order valence-electron chi connectivity index (χ4n) is 3.02. The number of methoxy groups -OCH3 is 1. The number of nitriles is 1. The lowest BCUT2D eigenvalue weighted by atomic mass is 10.1. The summed E-state index contributed by atoms with van der Waals surface area (Å²) in [6.07, 6.45) is 6.58. The Morgan fingerprint density at radius 3 is 2.85 bits per heavy atom. The third kappa shape index (κ3) is 4.22. The number of benzene rings is 2. The van der Waals surface area contributed by atoms with E-state index in [0.29, 0.717) is 11.5 Å². The molecule has 0 unspecified atom stereocenters. The van der Waals surface area contributed by atoms with Gasteiger partial charge in [0.25, 0.3) is 0 Å². The number of ether oxygens (including phenoxy) is 2. The summed E-state index contributed by atoms with van der Waals surface area (Å²) in [7, 11) is 1.53. The minimum absolute atomic E-state index is 0.0469. The lowest BCUT2D eigenvalue weighted by molar-refractivity contribution is -0.111. The fraction of sp³-hybridized carbons (Fsp3) is 0.238. The van der Waals surface area contributed by atoms with Gasteiger partial charge in [0, 0.05) is 11.8 Å². The number of nitrogens with zero attached hydrogens (tertiary/aromatic N) is 1. The van der Waals surface area contributed by atoms with Crippen LogP contribution in [0, 0.1) is 11.3 Å². The summed E-state index contributed by atoms with van der Waals surface area (Å²) in [5.41, 5.74) is 4.32. The maximum Gasteiger partial charge on any atom is 0.248 e. The van der Waals surface area contributed by atoms with Crippen molar-refractivity contribution >= 4 is 17.7 Å². The topological polar surface area (TPSA) is 71.3 Å². The molecule has 26 heavy (non-hydrogen) atoms. The van der Waals surface area contributed by atoms with Gasteiger partial charge in [-0.3, -0.25) is 4.79 Å². The summed E-state index contributed by atoms with van der Waals surface area (Å²) < 4.78 is 10.5. The number of fused-ring (bicyclic) bond motifs is 1. The third-order valence-corrected chi connectivity index (χ3v) is 4.27. The van der Waals surface area contributed by atoms with Gasteiger partial charge in [-0.25, -0.2) is 0 Å². The number of hydrogen-bond donors (Lipinski definition) is 1. The number of nitrogens with one attached hydrogen (secondary N) is 1. The quantitative estimate of drug-likeness (QED) is 0.807. The van der Waals surface area contributed by atoms with Gasteiger partial charge in [0.2, 0.25) is 5.91 Å². The van der Waals surface area contributed by atoms with Gasteiger partial charge in [0.05, 0.1) is 7.11 Å². The number of hydrogen-bond acceptors (Lipinski definition) is 4. The standard InChI is InChI=1S/C21H20N2O3/c1-25-20-13-15(5-9-19(20)26-12-11-22)6-10-21(24)23-18-8-7-16-3-2-4-17(16)14-18/h5-10,13-14H,2-4,12H2,1H3,(H,23,24). The zero-order valence-electron chi connectivity index (χ0n) is 14.6. The van der Waals surface area contributed by atoms with Crippen molar-refractivity contribution in [3.8, 4) is 17.6 Å². The molecule has 132 valence electrons. The molecule has 1 N–H and O–H groups in total. The van der Waals surface area contributed by atoms with Crippen molar-refractivity contribution in [2.75, 3.05) is 19.0 Å². The number of carbonyl (C=O) groups is 1. The Morgan fingerprint density at radius 1 is 1.19 bits per heavy atom. The number of carbonyl (C=O) groups excluding carboxylic acids is 1. The van der Waals surface area contributed by atoms with E-state index in [4.69, 9.17) is 14.7 Å². The van der Waals surface area contributed by atoms with E-state index in [2.05, 4.69) is 17.4 Å². The molecule has 0 aromatic heterocycles. The van der Waals surface area contributed by atoms with E-state index in [0.717, 1.165) is 24.1 Å². The molecule has 1 aliphatic carbocycles. The summed E-state index contributed by atoms with van der Waals surface area (Å²) in [5.74, 6) is 0.821. The van der Waals surface area contributed by atoms with Gasteiger partial charge in [0.15, 0.2) is 18.1 Å². The molecule has 0 saturated carbocycles. The van der Waals surface area contributed by atoms with Crippen molar-refractivity contribution in [2.45, 2.75) is 19.3 Å². The van der Waals surface area contributed by atoms with Crippen LogP contribution in [0.15, 0.2) is 42.5 Å². The molecule has 1 amide bonds. The van der Waals surface area contributed by atoms with Crippen LogP contribution in [-0.4, -0.2) is 19.6 Å². The van der Waals surface area contributed by atoms with Crippen LogP contribution in [0.4, 0.5) is 5.69 Å². The van der Waals surface area contributed by atoms with Crippen LogP contribution in [0.25, 0.3) is 6.08 Å². The molecule has 1 aliphatic rings. The smallest absolute Gasteiger partial charge is 0.248 e. The Labute approximate surface area is 152 Å². The maximum atomic E-state index is 12.2. The highest BCUT2D eigenvalue weighted by Crippen LogP contribution is 2.28. The SMILES string of the molecule is COc1cc(C=CC(=O)Nc2ccc3c(c2)CCC3)ccc1OCC#N. The first kappa shape index (κ1) is 17.6. The average molecular weight is 348 g/mol. The molecule has 0 spiro atoms. The number of amides is 1. The van der Waals surface area contributed by atoms with Gasteiger partial charge in [-0.05, 0) is 66.3 Å². The summed E-state index contributed by atoms with van der Waals surface area (Å²) in [4.78, 5) is 12.2. The first-order valence-corrected chi connectivity index (χ1v) is 8.48. The van der Waals surface area contributed by atoms with Crippen molar-refractivity contribution in [3.63, 3.8) is 0 Å². The number of anilines is 1. The van der Waals surface area contributed by atoms with E-state index in [1.807, 2.05) is 12.1 Å². The van der Waals surface area contributed by atoms with Crippen LogP contribution in [-0.2, 0) is 17.6 Å². The Balaban J connectivity index is 1.65. The van der Waals surface area contributed by atoms with Gasteiger partial charge in [-0.2, -0.15) is 5.26 Å². The predicted octanol–water partition coefficient (Wildman–Crippen LogP) is 3.74. The molecule has 0 aliphatic heterocycles. The van der Waals surface area contributed by atoms with Crippen LogP contribution in [0.5, 0.6) is 11.5 Å². The molecule has 0 heterocycles. The van der Waals surface area contributed by atoms with Crippen molar-refractivity contribution in [1.29, 1.82) is 5.26 Å². The average Bonchev–Trinajstić information content (AvgIpc) is 3.12. The molecule has 0 saturated heterocycles. The summed E-state index contributed by atoms with van der Waals surface area (Å²) >= 11 is 0.